The molecule has 1 aliphatic rings. The summed E-state index contributed by atoms with van der Waals surface area (Å²) in [5.41, 5.74) is -1.62. The van der Waals surface area contributed by atoms with Gasteiger partial charge in [0.1, 0.15) is 16.2 Å². The number of rotatable bonds is 11. The number of benzene rings is 1. The Kier molecular flexibility index (Phi) is 10.8. The van der Waals surface area contributed by atoms with Crippen molar-refractivity contribution in [3.05, 3.63) is 34.7 Å². The van der Waals surface area contributed by atoms with Crippen LogP contribution in [0.2, 0.25) is 0 Å². The number of pyridine rings is 1. The molecule has 0 saturated carbocycles. The summed E-state index contributed by atoms with van der Waals surface area (Å²) in [6.07, 6.45) is 4.41. The Morgan fingerprint density at radius 1 is 1.15 bits per heavy atom. The molecule has 1 amide bonds. The molecule has 1 aromatic heterocycles. The fraction of sp³-hybridized carbons (Fsp3) is 0.655. The third-order valence-electron chi connectivity index (χ3n) is 6.95. The van der Waals surface area contributed by atoms with Crippen molar-refractivity contribution in [1.29, 1.82) is 0 Å². The number of amides is 1. The van der Waals surface area contributed by atoms with E-state index in [1.165, 1.54) is 26.8 Å². The topological polar surface area (TPSA) is 107 Å². The van der Waals surface area contributed by atoms with Crippen LogP contribution in [-0.4, -0.2) is 88.6 Å². The largest absolute Gasteiger partial charge is 0.444 e. The summed E-state index contributed by atoms with van der Waals surface area (Å²) in [7, 11) is -3.99. The van der Waals surface area contributed by atoms with Crippen molar-refractivity contribution in [3.8, 4) is 0 Å². The first kappa shape index (κ1) is 33.9. The predicted octanol–water partition coefficient (Wildman–Crippen LogP) is 2.74. The van der Waals surface area contributed by atoms with Crippen LogP contribution >= 0.6 is 0 Å². The molecule has 1 aromatic carbocycles. The SMILES string of the molecule is C[SH+]CCC(C)(C)OCC(C)(C)Cn1cc(S(=O)(=O)N2CC[C@H](NC(=O)OC(C)(C)C)C2)c2c[c]([Al])ccc2c1=O. The lowest BCUT2D eigenvalue weighted by Crippen LogP contribution is -2.41. The number of nitrogens with zero attached hydrogens (tertiary/aromatic N) is 2. The van der Waals surface area contributed by atoms with E-state index in [4.69, 9.17) is 9.47 Å². The van der Waals surface area contributed by atoms with E-state index in [9.17, 15) is 18.0 Å². The Morgan fingerprint density at radius 3 is 2.46 bits per heavy atom. The van der Waals surface area contributed by atoms with E-state index in [0.29, 0.717) is 23.8 Å². The number of thiol groups is 1. The maximum absolute atomic E-state index is 14.0. The van der Waals surface area contributed by atoms with Gasteiger partial charge in [0.15, 0.2) is 16.3 Å². The molecule has 2 radical (unpaired) electrons. The Bertz CT molecular complexity index is 1420. The Balaban J connectivity index is 1.91. The van der Waals surface area contributed by atoms with E-state index >= 15 is 0 Å². The van der Waals surface area contributed by atoms with Gasteiger partial charge in [-0.05, 0) is 52.8 Å². The molecule has 0 spiro atoms. The molecule has 2 heterocycles. The smallest absolute Gasteiger partial charge is 0.407 e. The summed E-state index contributed by atoms with van der Waals surface area (Å²) < 4.78 is 43.3. The Hall–Kier alpha value is -1.55. The van der Waals surface area contributed by atoms with Crippen LogP contribution in [-0.2, 0) is 37.8 Å². The molecule has 1 aliphatic heterocycles. The zero-order valence-electron chi connectivity index (χ0n) is 25.6. The number of fused-ring (bicyclic) bond motifs is 1. The molecule has 12 heteroatoms. The summed E-state index contributed by atoms with van der Waals surface area (Å²) in [5.74, 6) is 1.04. The lowest BCUT2D eigenvalue weighted by molar-refractivity contribution is -0.0597. The molecule has 2 aromatic rings. The fourth-order valence-corrected chi connectivity index (χ4v) is 7.46. The third-order valence-corrected chi connectivity index (χ3v) is 9.88. The molecule has 226 valence electrons. The minimum Gasteiger partial charge on any atom is -0.444 e. The highest BCUT2D eigenvalue weighted by Gasteiger charge is 2.36. The number of ether oxygens (including phenoxy) is 2. The summed E-state index contributed by atoms with van der Waals surface area (Å²) in [4.78, 5) is 26.0. The van der Waals surface area contributed by atoms with E-state index in [2.05, 4.69) is 41.7 Å². The van der Waals surface area contributed by atoms with Gasteiger partial charge in [-0.15, -0.1) is 4.43 Å². The molecule has 1 fully saturated rings. The third kappa shape index (κ3) is 9.22. The Labute approximate surface area is 257 Å². The van der Waals surface area contributed by atoms with Crippen LogP contribution in [0.15, 0.2) is 34.1 Å². The van der Waals surface area contributed by atoms with Crippen molar-refractivity contribution in [2.24, 2.45) is 5.41 Å². The summed E-state index contributed by atoms with van der Waals surface area (Å²) in [6.45, 7) is 14.6. The van der Waals surface area contributed by atoms with Crippen molar-refractivity contribution in [3.63, 3.8) is 0 Å². The molecule has 0 aliphatic carbocycles. The number of alkyl carbamates (subject to hydrolysis) is 1. The predicted molar refractivity (Wildman–Crippen MR) is 168 cm³/mol. The van der Waals surface area contributed by atoms with E-state index in [1.54, 1.807) is 39.0 Å². The van der Waals surface area contributed by atoms with Crippen LogP contribution < -0.4 is 15.3 Å². The molecule has 9 nitrogen and oxygen atoms in total. The van der Waals surface area contributed by atoms with Crippen LogP contribution in [0.25, 0.3) is 10.8 Å². The molecular formula is C29H45AlN3O6S2+. The highest BCUT2D eigenvalue weighted by atomic mass is 32.2. The van der Waals surface area contributed by atoms with E-state index < -0.39 is 27.1 Å². The van der Waals surface area contributed by atoms with Gasteiger partial charge < -0.3 is 19.4 Å². The van der Waals surface area contributed by atoms with Crippen molar-refractivity contribution in [2.75, 3.05) is 31.7 Å². The molecule has 0 bridgehead atoms. The standard InChI is InChI=1S/C29H44N3O6S2.Al/c1-27(2,3)38-26(34)30-21-13-15-32(17-21)40(35,36)24-18-31(25(33)23-12-10-9-11-22(23)24)19-28(4,5)20-37-29(6,7)14-16-39-8;/h10-12,18,21H,13-17,19-20H2,1-8H3,(H,30,34);/p+1/t21-;/m0./s1. The molecule has 1 saturated heterocycles. The second-order valence-electron chi connectivity index (χ2n) is 13.2. The average Bonchev–Trinajstić information content (AvgIpc) is 3.31. The van der Waals surface area contributed by atoms with Crippen LogP contribution in [0.5, 0.6) is 0 Å². The number of aromatic nitrogens is 1. The zero-order valence-corrected chi connectivity index (χ0v) is 28.5. The van der Waals surface area contributed by atoms with Gasteiger partial charge in [0.25, 0.3) is 5.56 Å². The monoisotopic (exact) mass is 622 g/mol. The molecule has 0 unspecified atom stereocenters. The second kappa shape index (κ2) is 13.0. The fourth-order valence-electron chi connectivity index (χ4n) is 4.73. The van der Waals surface area contributed by atoms with Crippen molar-refractivity contribution < 1.29 is 22.7 Å². The maximum atomic E-state index is 14.0. The second-order valence-corrected chi connectivity index (χ2v) is 16.9. The number of carbonyl (C=O) groups is 1. The minimum absolute atomic E-state index is 0.0771. The van der Waals surface area contributed by atoms with Gasteiger partial charge in [-0.1, -0.05) is 32.0 Å². The number of sulfonamides is 1. The molecule has 1 N–H and O–H groups in total. The first-order valence-corrected chi connectivity index (χ1v) is 17.5. The van der Waals surface area contributed by atoms with Gasteiger partial charge in [0.05, 0.1) is 18.5 Å². The lowest BCUT2D eigenvalue weighted by Gasteiger charge is -2.32. The van der Waals surface area contributed by atoms with Gasteiger partial charge in [0, 0.05) is 54.5 Å². The number of carbonyl (C=O) groups excluding carboxylic acids is 1. The lowest BCUT2D eigenvalue weighted by atomic mass is 9.93. The number of nitrogens with one attached hydrogen (secondary N) is 1. The van der Waals surface area contributed by atoms with Gasteiger partial charge in [0.2, 0.25) is 10.0 Å². The van der Waals surface area contributed by atoms with Crippen LogP contribution in [0.4, 0.5) is 4.79 Å². The van der Waals surface area contributed by atoms with E-state index in [-0.39, 0.29) is 41.7 Å². The molecule has 3 rings (SSSR count). The van der Waals surface area contributed by atoms with Gasteiger partial charge in [-0.2, -0.15) is 4.31 Å². The van der Waals surface area contributed by atoms with Crippen molar-refractivity contribution >= 4 is 59.4 Å². The van der Waals surface area contributed by atoms with E-state index in [1.807, 2.05) is 13.8 Å². The van der Waals surface area contributed by atoms with Crippen LogP contribution in [0, 0.1) is 5.41 Å². The van der Waals surface area contributed by atoms with Crippen molar-refractivity contribution in [1.82, 2.24) is 14.2 Å². The molecule has 1 atom stereocenters. The quantitative estimate of drug-likeness (QED) is 0.235. The minimum atomic E-state index is -3.99. The first-order valence-electron chi connectivity index (χ1n) is 14.0. The number of hydrogen-bond donors (Lipinski definition) is 1. The highest BCUT2D eigenvalue weighted by Crippen LogP contribution is 2.29. The maximum Gasteiger partial charge on any atom is 0.407 e. The van der Waals surface area contributed by atoms with Gasteiger partial charge in [-0.25, -0.2) is 13.2 Å². The van der Waals surface area contributed by atoms with Crippen LogP contribution in [0.1, 0.15) is 61.3 Å². The first-order chi connectivity index (χ1) is 18.8. The summed E-state index contributed by atoms with van der Waals surface area (Å²) in [5, 5.41) is 3.52. The van der Waals surface area contributed by atoms with Gasteiger partial charge >= 0.3 is 6.09 Å². The Morgan fingerprint density at radius 2 is 1.83 bits per heavy atom. The normalized spacial score (nSPS) is 17.2. The summed E-state index contributed by atoms with van der Waals surface area (Å²) >= 11 is 3.88. The molecule has 41 heavy (non-hydrogen) atoms. The number of hydrogen-bond acceptors (Lipinski definition) is 6. The molecular weight excluding hydrogens is 577 g/mol. The van der Waals surface area contributed by atoms with Crippen molar-refractivity contribution in [2.45, 2.75) is 90.0 Å². The highest BCUT2D eigenvalue weighted by molar-refractivity contribution is 7.89. The summed E-state index contributed by atoms with van der Waals surface area (Å²) in [6, 6.07) is 4.81. The van der Waals surface area contributed by atoms with E-state index in [0.717, 1.165) is 16.6 Å². The average molecular weight is 623 g/mol. The van der Waals surface area contributed by atoms with Crippen LogP contribution in [0.3, 0.4) is 0 Å². The zero-order chi connectivity index (χ0) is 30.8. The van der Waals surface area contributed by atoms with Gasteiger partial charge in [-0.3, -0.25) is 4.79 Å².